The monoisotopic (exact) mass is 455 g/mol. The van der Waals surface area contributed by atoms with Crippen LogP contribution in [-0.4, -0.2) is 23.5 Å². The molecule has 0 atom stereocenters. The van der Waals surface area contributed by atoms with E-state index < -0.39 is 15.7 Å². The van der Waals surface area contributed by atoms with Gasteiger partial charge < -0.3 is 5.32 Å². The number of imidazole rings is 1. The molecule has 31 heavy (non-hydrogen) atoms. The number of fused-ring (bicyclic) bond motifs is 1. The first-order valence-corrected chi connectivity index (χ1v) is 11.8. The summed E-state index contributed by atoms with van der Waals surface area (Å²) in [5.41, 5.74) is 2.57. The number of hydrogen-bond donors (Lipinski definition) is 1. The number of anilines is 1. The lowest BCUT2D eigenvalue weighted by Gasteiger charge is -2.13. The van der Waals surface area contributed by atoms with Gasteiger partial charge in [0.05, 0.1) is 31.4 Å². The van der Waals surface area contributed by atoms with Gasteiger partial charge in [0.15, 0.2) is 0 Å². The predicted molar refractivity (Wildman–Crippen MR) is 122 cm³/mol. The van der Waals surface area contributed by atoms with Crippen molar-refractivity contribution in [2.45, 2.75) is 23.6 Å². The quantitative estimate of drug-likeness (QED) is 0.509. The molecule has 160 valence electrons. The third-order valence-electron chi connectivity index (χ3n) is 5.31. The Kier molecular flexibility index (Phi) is 5.10. The van der Waals surface area contributed by atoms with Gasteiger partial charge in [-0.1, -0.05) is 17.7 Å². The Labute approximate surface area is 183 Å². The highest BCUT2D eigenvalue weighted by atomic mass is 32.2. The highest BCUT2D eigenvalue weighted by Gasteiger charge is 2.26. The summed E-state index contributed by atoms with van der Waals surface area (Å²) in [6, 6.07) is 11.3. The van der Waals surface area contributed by atoms with E-state index >= 15 is 0 Å². The molecule has 1 amide bonds. The van der Waals surface area contributed by atoms with Crippen LogP contribution in [0, 0.1) is 13.8 Å². The van der Waals surface area contributed by atoms with Crippen molar-refractivity contribution in [3.8, 4) is 0 Å². The lowest BCUT2D eigenvalue weighted by atomic mass is 10.2. The molecule has 0 saturated carbocycles. The molecule has 4 rings (SSSR count). The van der Waals surface area contributed by atoms with Gasteiger partial charge >= 0.3 is 5.69 Å². The molecule has 0 bridgehead atoms. The van der Waals surface area contributed by atoms with E-state index in [9.17, 15) is 18.0 Å². The summed E-state index contributed by atoms with van der Waals surface area (Å²) in [5.74, 6) is -0.395. The maximum Gasteiger partial charge on any atom is 0.328 e. The van der Waals surface area contributed by atoms with Crippen LogP contribution in [0.15, 0.2) is 62.4 Å². The van der Waals surface area contributed by atoms with Crippen molar-refractivity contribution in [1.29, 1.82) is 0 Å². The Bertz CT molecular complexity index is 1490. The number of nitrogens with one attached hydrogen (secondary N) is 1. The molecule has 2 aromatic heterocycles. The van der Waals surface area contributed by atoms with Crippen molar-refractivity contribution in [2.24, 2.45) is 14.1 Å². The molecule has 0 aliphatic carbocycles. The van der Waals surface area contributed by atoms with Crippen LogP contribution >= 0.6 is 11.3 Å². The summed E-state index contributed by atoms with van der Waals surface area (Å²) in [5, 5.41) is 4.56. The van der Waals surface area contributed by atoms with E-state index in [0.29, 0.717) is 15.9 Å². The molecule has 0 aliphatic rings. The Morgan fingerprint density at radius 1 is 0.968 bits per heavy atom. The molecule has 0 radical (unpaired) electrons. The molecule has 0 unspecified atom stereocenters. The average Bonchev–Trinajstić information content (AvgIpc) is 3.25. The fourth-order valence-electron chi connectivity index (χ4n) is 3.47. The molecule has 2 heterocycles. The van der Waals surface area contributed by atoms with Crippen molar-refractivity contribution in [1.82, 2.24) is 9.13 Å². The maximum atomic E-state index is 13.5. The highest BCUT2D eigenvalue weighted by molar-refractivity contribution is 7.91. The van der Waals surface area contributed by atoms with E-state index in [2.05, 4.69) is 5.32 Å². The zero-order valence-electron chi connectivity index (χ0n) is 17.5. The van der Waals surface area contributed by atoms with E-state index in [0.717, 1.165) is 11.1 Å². The number of aromatic nitrogens is 2. The molecular weight excluding hydrogens is 434 g/mol. The summed E-state index contributed by atoms with van der Waals surface area (Å²) in [4.78, 5) is 25.8. The molecule has 0 saturated heterocycles. The molecular formula is C22H21N3O4S2. The van der Waals surface area contributed by atoms with Crippen LogP contribution in [0.3, 0.4) is 0 Å². The summed E-state index contributed by atoms with van der Waals surface area (Å²) in [6.45, 7) is 3.69. The number of carbonyl (C=O) groups excluding carboxylic acids is 1. The van der Waals surface area contributed by atoms with Crippen LogP contribution in [0.5, 0.6) is 0 Å². The van der Waals surface area contributed by atoms with Gasteiger partial charge in [0.25, 0.3) is 5.91 Å². The number of amides is 1. The third kappa shape index (κ3) is 3.49. The minimum Gasteiger partial charge on any atom is -0.320 e. The number of nitrogens with zero attached hydrogens (tertiary/aromatic N) is 2. The van der Waals surface area contributed by atoms with Crippen molar-refractivity contribution in [3.05, 3.63) is 74.3 Å². The van der Waals surface area contributed by atoms with Crippen molar-refractivity contribution < 1.29 is 13.2 Å². The summed E-state index contributed by atoms with van der Waals surface area (Å²) < 4.78 is 29.8. The number of rotatable bonds is 4. The number of carbonyl (C=O) groups is 1. The van der Waals surface area contributed by atoms with Crippen molar-refractivity contribution in [3.63, 3.8) is 0 Å². The van der Waals surface area contributed by atoms with Crippen LogP contribution in [0.25, 0.3) is 11.0 Å². The molecule has 0 fully saturated rings. The van der Waals surface area contributed by atoms with E-state index in [1.807, 2.05) is 19.9 Å². The average molecular weight is 456 g/mol. The second-order valence-corrected chi connectivity index (χ2v) is 10.3. The number of thiophene rings is 1. The van der Waals surface area contributed by atoms with Gasteiger partial charge in [-0.25, -0.2) is 13.2 Å². The molecule has 7 nitrogen and oxygen atoms in total. The van der Waals surface area contributed by atoms with Gasteiger partial charge in [0.1, 0.15) is 0 Å². The number of sulfone groups is 1. The Balaban J connectivity index is 1.95. The molecule has 0 aliphatic heterocycles. The Hall–Kier alpha value is -3.17. The number of hydrogen-bond acceptors (Lipinski definition) is 5. The fourth-order valence-corrected chi connectivity index (χ4v) is 5.71. The summed E-state index contributed by atoms with van der Waals surface area (Å²) in [7, 11) is -0.770. The summed E-state index contributed by atoms with van der Waals surface area (Å²) in [6.07, 6.45) is 0. The van der Waals surface area contributed by atoms with E-state index in [-0.39, 0.29) is 21.2 Å². The summed E-state index contributed by atoms with van der Waals surface area (Å²) >= 11 is 1.28. The standard InChI is InChI=1S/C22H21N3O4S2/c1-13-5-7-15(8-6-13)31(28,29)19-12-18-17(24(3)22(27)25(18)4)11-16(19)23-21(26)20-14(2)9-10-30-20/h5-12H,1-4H3,(H,23,26). The molecule has 1 N–H and O–H groups in total. The number of benzene rings is 2. The minimum absolute atomic E-state index is 0.0624. The highest BCUT2D eigenvalue weighted by Crippen LogP contribution is 2.32. The van der Waals surface area contributed by atoms with E-state index in [1.54, 1.807) is 37.7 Å². The Morgan fingerprint density at radius 3 is 2.16 bits per heavy atom. The largest absolute Gasteiger partial charge is 0.328 e. The molecule has 0 spiro atoms. The second-order valence-electron chi connectivity index (χ2n) is 7.44. The van der Waals surface area contributed by atoms with E-state index in [1.165, 1.54) is 38.7 Å². The SMILES string of the molecule is Cc1ccc(S(=O)(=O)c2cc3c(cc2NC(=O)c2sccc2C)n(C)c(=O)n3C)cc1. The minimum atomic E-state index is -3.96. The predicted octanol–water partition coefficient (Wildman–Crippen LogP) is 3.64. The van der Waals surface area contributed by atoms with Crippen LogP contribution < -0.4 is 11.0 Å². The van der Waals surface area contributed by atoms with Crippen LogP contribution in [0.2, 0.25) is 0 Å². The van der Waals surface area contributed by atoms with Crippen molar-refractivity contribution >= 4 is 43.8 Å². The lowest BCUT2D eigenvalue weighted by molar-refractivity contribution is 0.103. The lowest BCUT2D eigenvalue weighted by Crippen LogP contribution is -2.19. The Morgan fingerprint density at radius 2 is 1.58 bits per heavy atom. The zero-order valence-corrected chi connectivity index (χ0v) is 19.1. The van der Waals surface area contributed by atoms with Gasteiger partial charge in [-0.05, 0) is 55.1 Å². The van der Waals surface area contributed by atoms with Gasteiger partial charge in [0, 0.05) is 14.1 Å². The van der Waals surface area contributed by atoms with Gasteiger partial charge in [-0.3, -0.25) is 13.9 Å². The second kappa shape index (κ2) is 7.51. The topological polar surface area (TPSA) is 90.2 Å². The number of aryl methyl sites for hydroxylation is 4. The first-order valence-electron chi connectivity index (χ1n) is 9.48. The third-order valence-corrected chi connectivity index (χ3v) is 8.14. The van der Waals surface area contributed by atoms with Crippen LogP contribution in [-0.2, 0) is 23.9 Å². The zero-order chi connectivity index (χ0) is 22.5. The smallest absolute Gasteiger partial charge is 0.320 e. The molecule has 4 aromatic rings. The fraction of sp³-hybridized carbons (Fsp3) is 0.182. The normalized spacial score (nSPS) is 11.7. The van der Waals surface area contributed by atoms with Crippen molar-refractivity contribution in [2.75, 3.05) is 5.32 Å². The first kappa shape index (κ1) is 21.1. The molecule has 2 aromatic carbocycles. The van der Waals surface area contributed by atoms with Gasteiger partial charge in [0.2, 0.25) is 9.84 Å². The van der Waals surface area contributed by atoms with E-state index in [4.69, 9.17) is 0 Å². The van der Waals surface area contributed by atoms with Gasteiger partial charge in [-0.15, -0.1) is 11.3 Å². The first-order chi connectivity index (χ1) is 14.6. The maximum absolute atomic E-state index is 13.5. The van der Waals surface area contributed by atoms with Crippen LogP contribution in [0.1, 0.15) is 20.8 Å². The van der Waals surface area contributed by atoms with Gasteiger partial charge in [-0.2, -0.15) is 0 Å². The molecule has 9 heteroatoms. The van der Waals surface area contributed by atoms with Crippen LogP contribution in [0.4, 0.5) is 5.69 Å².